The van der Waals surface area contributed by atoms with E-state index in [0.717, 1.165) is 49.8 Å². The summed E-state index contributed by atoms with van der Waals surface area (Å²) in [7, 11) is -3.95. The molecule has 1 aromatic heterocycles. The number of rotatable bonds is 8. The van der Waals surface area contributed by atoms with Crippen molar-refractivity contribution in [3.63, 3.8) is 0 Å². The summed E-state index contributed by atoms with van der Waals surface area (Å²) in [4.78, 5) is 32.2. The van der Waals surface area contributed by atoms with Crippen LogP contribution in [0.15, 0.2) is 41.6 Å². The zero-order valence-electron chi connectivity index (χ0n) is 20.3. The van der Waals surface area contributed by atoms with Crippen LogP contribution in [0.2, 0.25) is 0 Å². The summed E-state index contributed by atoms with van der Waals surface area (Å²) in [6.07, 6.45) is 9.30. The maximum atomic E-state index is 12.4. The molecule has 192 valence electrons. The van der Waals surface area contributed by atoms with Crippen molar-refractivity contribution in [3.05, 3.63) is 53.6 Å². The van der Waals surface area contributed by atoms with Gasteiger partial charge in [-0.25, -0.2) is 22.9 Å². The van der Waals surface area contributed by atoms with Crippen LogP contribution in [-0.2, 0) is 16.4 Å². The fraction of sp³-hybridized carbons (Fsp3) is 0.500. The predicted molar refractivity (Wildman–Crippen MR) is 132 cm³/mol. The van der Waals surface area contributed by atoms with Gasteiger partial charge < -0.3 is 15.7 Å². The third kappa shape index (κ3) is 9.99. The molecule has 0 bridgehead atoms. The Morgan fingerprint density at radius 2 is 1.71 bits per heavy atom. The van der Waals surface area contributed by atoms with Crippen molar-refractivity contribution >= 4 is 22.0 Å². The van der Waals surface area contributed by atoms with Gasteiger partial charge in [-0.1, -0.05) is 38.3 Å². The number of carbonyl (C=O) groups excluding carboxylic acids is 2. The highest BCUT2D eigenvalue weighted by molar-refractivity contribution is 7.90. The third-order valence-electron chi connectivity index (χ3n) is 5.34. The fourth-order valence-electron chi connectivity index (χ4n) is 3.40. The highest BCUT2D eigenvalue weighted by Gasteiger charge is 2.21. The van der Waals surface area contributed by atoms with Crippen LogP contribution in [0.3, 0.4) is 0 Å². The number of aromatic nitrogens is 2. The second-order valence-corrected chi connectivity index (χ2v) is 10.0. The monoisotopic (exact) mass is 505 g/mol. The number of sulfonamides is 1. The molecule has 1 aliphatic rings. The normalized spacial score (nSPS) is 13.8. The molecule has 1 aromatic carbocycles. The Bertz CT molecular complexity index is 1030. The van der Waals surface area contributed by atoms with Crippen LogP contribution in [0.1, 0.15) is 67.2 Å². The number of benzene rings is 1. The van der Waals surface area contributed by atoms with E-state index < -0.39 is 16.1 Å². The van der Waals surface area contributed by atoms with E-state index in [0.29, 0.717) is 19.6 Å². The van der Waals surface area contributed by atoms with Gasteiger partial charge in [0, 0.05) is 25.4 Å². The molecule has 4 N–H and O–H groups in total. The first-order chi connectivity index (χ1) is 16.7. The number of hydrogen-bond donors (Lipinski definition) is 4. The first-order valence-corrected chi connectivity index (χ1v) is 13.3. The summed E-state index contributed by atoms with van der Waals surface area (Å²) in [6.45, 7) is 4.40. The van der Waals surface area contributed by atoms with Crippen molar-refractivity contribution in [2.75, 3.05) is 13.2 Å². The Morgan fingerprint density at radius 1 is 1.06 bits per heavy atom. The summed E-state index contributed by atoms with van der Waals surface area (Å²) in [5.74, 6) is -0.320. The highest BCUT2D eigenvalue weighted by atomic mass is 32.2. The number of carbonyl (C=O) groups is 2. The van der Waals surface area contributed by atoms with Crippen molar-refractivity contribution in [1.82, 2.24) is 25.3 Å². The molecule has 1 fully saturated rings. The zero-order valence-corrected chi connectivity index (χ0v) is 21.1. The van der Waals surface area contributed by atoms with Gasteiger partial charge in [0.15, 0.2) is 0 Å². The van der Waals surface area contributed by atoms with Crippen LogP contribution in [-0.4, -0.2) is 54.6 Å². The van der Waals surface area contributed by atoms with Gasteiger partial charge in [-0.15, -0.1) is 0 Å². The Hall–Kier alpha value is -3.05. The number of nitrogens with one attached hydrogen (secondary N) is 3. The molecule has 0 spiro atoms. The second-order valence-electron chi connectivity index (χ2n) is 8.33. The van der Waals surface area contributed by atoms with Crippen LogP contribution in [0.4, 0.5) is 4.79 Å². The third-order valence-corrected chi connectivity index (χ3v) is 6.68. The molecule has 0 saturated heterocycles. The molecule has 0 atom stereocenters. The van der Waals surface area contributed by atoms with Crippen molar-refractivity contribution in [2.45, 2.75) is 69.7 Å². The SMILES string of the molecule is CCCO.Cc1cnc(C(=O)NCCc2ccc(S(=O)(=O)NC(=O)NC3CCCCC3)cc2)cn1. The summed E-state index contributed by atoms with van der Waals surface area (Å²) in [6, 6.07) is 5.53. The van der Waals surface area contributed by atoms with Gasteiger partial charge in [-0.2, -0.15) is 0 Å². The fourth-order valence-corrected chi connectivity index (χ4v) is 4.31. The smallest absolute Gasteiger partial charge is 0.328 e. The van der Waals surface area contributed by atoms with Gasteiger partial charge in [0.1, 0.15) is 5.69 Å². The molecular formula is C24H35N5O5S. The maximum Gasteiger partial charge on any atom is 0.328 e. The second kappa shape index (κ2) is 14.4. The molecule has 3 amide bonds. The minimum Gasteiger partial charge on any atom is -0.396 e. The lowest BCUT2D eigenvalue weighted by atomic mass is 9.96. The summed E-state index contributed by atoms with van der Waals surface area (Å²) in [5, 5.41) is 13.4. The van der Waals surface area contributed by atoms with Gasteiger partial charge in [-0.05, 0) is 50.3 Å². The average Bonchev–Trinajstić information content (AvgIpc) is 2.85. The van der Waals surface area contributed by atoms with Crippen molar-refractivity contribution in [2.24, 2.45) is 0 Å². The first kappa shape index (κ1) is 28.2. The topological polar surface area (TPSA) is 150 Å². The molecule has 10 nitrogen and oxygen atoms in total. The Labute approximate surface area is 207 Å². The quantitative estimate of drug-likeness (QED) is 0.430. The number of nitrogens with zero attached hydrogens (tertiary/aromatic N) is 2. The van der Waals surface area contributed by atoms with Crippen molar-refractivity contribution in [1.29, 1.82) is 0 Å². The largest absolute Gasteiger partial charge is 0.396 e. The minimum atomic E-state index is -3.95. The van der Waals surface area contributed by atoms with Gasteiger partial charge in [0.05, 0.1) is 16.8 Å². The number of aliphatic hydroxyl groups is 1. The summed E-state index contributed by atoms with van der Waals surface area (Å²) < 4.78 is 26.9. The summed E-state index contributed by atoms with van der Waals surface area (Å²) in [5.41, 5.74) is 1.82. The molecule has 1 saturated carbocycles. The average molecular weight is 506 g/mol. The standard InChI is InChI=1S/C21H27N5O4S.C3H8O/c1-15-13-24-19(14-23-15)20(27)22-12-11-16-7-9-18(10-8-16)31(29,30)26-21(28)25-17-5-3-2-4-6-17;1-2-3-4/h7-10,13-14,17H,2-6,11-12H2,1H3,(H,22,27)(H2,25,26,28);4H,2-3H2,1H3. The zero-order chi connectivity index (χ0) is 25.7. The predicted octanol–water partition coefficient (Wildman–Crippen LogP) is 2.47. The first-order valence-electron chi connectivity index (χ1n) is 11.8. The van der Waals surface area contributed by atoms with E-state index in [1.165, 1.54) is 24.5 Å². The maximum absolute atomic E-state index is 12.4. The molecule has 0 aliphatic heterocycles. The van der Waals surface area contributed by atoms with Crippen molar-refractivity contribution in [3.8, 4) is 0 Å². The number of urea groups is 1. The van der Waals surface area contributed by atoms with E-state index >= 15 is 0 Å². The van der Waals surface area contributed by atoms with E-state index in [1.54, 1.807) is 19.1 Å². The van der Waals surface area contributed by atoms with E-state index in [9.17, 15) is 18.0 Å². The Kier molecular flexibility index (Phi) is 11.6. The van der Waals surface area contributed by atoms with Gasteiger partial charge >= 0.3 is 6.03 Å². The van der Waals surface area contributed by atoms with Crippen LogP contribution >= 0.6 is 0 Å². The van der Waals surface area contributed by atoms with Gasteiger partial charge in [-0.3, -0.25) is 9.78 Å². The minimum absolute atomic E-state index is 0.00834. The number of aliphatic hydroxyl groups excluding tert-OH is 1. The lowest BCUT2D eigenvalue weighted by molar-refractivity contribution is 0.0948. The highest BCUT2D eigenvalue weighted by Crippen LogP contribution is 2.17. The van der Waals surface area contributed by atoms with Crippen LogP contribution < -0.4 is 15.4 Å². The van der Waals surface area contributed by atoms with E-state index in [4.69, 9.17) is 5.11 Å². The summed E-state index contributed by atoms with van der Waals surface area (Å²) >= 11 is 0. The van der Waals surface area contributed by atoms with Gasteiger partial charge in [0.2, 0.25) is 0 Å². The molecule has 11 heteroatoms. The molecule has 1 heterocycles. The van der Waals surface area contributed by atoms with Gasteiger partial charge in [0.25, 0.3) is 15.9 Å². The number of aryl methyl sites for hydroxylation is 1. The molecule has 0 unspecified atom stereocenters. The van der Waals surface area contributed by atoms with Crippen LogP contribution in [0.25, 0.3) is 0 Å². The Balaban J connectivity index is 0.00000100. The molecule has 3 rings (SSSR count). The lowest BCUT2D eigenvalue weighted by Gasteiger charge is -2.22. The lowest BCUT2D eigenvalue weighted by Crippen LogP contribution is -2.45. The molecule has 2 aromatic rings. The van der Waals surface area contributed by atoms with Crippen molar-refractivity contribution < 1.29 is 23.1 Å². The molecule has 35 heavy (non-hydrogen) atoms. The molecular weight excluding hydrogens is 470 g/mol. The van der Waals surface area contributed by atoms with Crippen LogP contribution in [0.5, 0.6) is 0 Å². The van der Waals surface area contributed by atoms with E-state index in [-0.39, 0.29) is 22.5 Å². The van der Waals surface area contributed by atoms with E-state index in [1.807, 2.05) is 6.92 Å². The van der Waals surface area contributed by atoms with E-state index in [2.05, 4.69) is 25.3 Å². The number of hydrogen-bond acceptors (Lipinski definition) is 7. The number of amides is 3. The van der Waals surface area contributed by atoms with Crippen LogP contribution in [0, 0.1) is 6.92 Å². The Morgan fingerprint density at radius 3 is 2.29 bits per heavy atom. The molecule has 1 aliphatic carbocycles. The molecule has 0 radical (unpaired) electrons.